The summed E-state index contributed by atoms with van der Waals surface area (Å²) in [4.78, 5) is 9.14. The van der Waals surface area contributed by atoms with Gasteiger partial charge >= 0.3 is 0 Å². The molecule has 3 heteroatoms. The fraction of sp³-hybridized carbons (Fsp3) is 0.286. The van der Waals surface area contributed by atoms with Crippen molar-refractivity contribution in [2.75, 3.05) is 7.05 Å². The van der Waals surface area contributed by atoms with Gasteiger partial charge in [0.25, 0.3) is 0 Å². The van der Waals surface area contributed by atoms with E-state index in [1.165, 1.54) is 5.56 Å². The first-order valence-electron chi connectivity index (χ1n) is 5.76. The van der Waals surface area contributed by atoms with Gasteiger partial charge < -0.3 is 5.32 Å². The Labute approximate surface area is 102 Å². The van der Waals surface area contributed by atoms with Gasteiger partial charge in [0, 0.05) is 29.1 Å². The summed E-state index contributed by atoms with van der Waals surface area (Å²) in [6.45, 7) is 4.88. The van der Waals surface area contributed by atoms with Crippen LogP contribution in [-0.4, -0.2) is 17.0 Å². The molecule has 1 aromatic carbocycles. The number of nitrogens with zero attached hydrogens (tertiary/aromatic N) is 2. The molecule has 88 valence electrons. The van der Waals surface area contributed by atoms with E-state index in [4.69, 9.17) is 0 Å². The van der Waals surface area contributed by atoms with Crippen LogP contribution in [0.3, 0.4) is 0 Å². The van der Waals surface area contributed by atoms with Gasteiger partial charge in [0.15, 0.2) is 5.82 Å². The normalized spacial score (nSPS) is 10.5. The van der Waals surface area contributed by atoms with Crippen LogP contribution in [0.2, 0.25) is 0 Å². The van der Waals surface area contributed by atoms with Gasteiger partial charge in [0.2, 0.25) is 0 Å². The SMILES string of the molecule is CNCc1c(C)nc(-c2ccccc2)nc1C. The summed E-state index contributed by atoms with van der Waals surface area (Å²) in [6.07, 6.45) is 0. The Morgan fingerprint density at radius 1 is 1.00 bits per heavy atom. The summed E-state index contributed by atoms with van der Waals surface area (Å²) in [5.41, 5.74) is 4.35. The van der Waals surface area contributed by atoms with Crippen LogP contribution in [0, 0.1) is 13.8 Å². The third-order valence-corrected chi connectivity index (χ3v) is 2.81. The molecule has 2 aromatic rings. The van der Waals surface area contributed by atoms with Crippen LogP contribution in [0.5, 0.6) is 0 Å². The first-order valence-corrected chi connectivity index (χ1v) is 5.76. The van der Waals surface area contributed by atoms with Gasteiger partial charge in [-0.3, -0.25) is 0 Å². The Morgan fingerprint density at radius 2 is 1.59 bits per heavy atom. The maximum Gasteiger partial charge on any atom is 0.159 e. The molecule has 0 bridgehead atoms. The molecule has 0 saturated carbocycles. The fourth-order valence-corrected chi connectivity index (χ4v) is 1.89. The lowest BCUT2D eigenvalue weighted by Crippen LogP contribution is -2.11. The van der Waals surface area contributed by atoms with Crippen molar-refractivity contribution in [3.8, 4) is 11.4 Å². The summed E-state index contributed by atoms with van der Waals surface area (Å²) >= 11 is 0. The third kappa shape index (κ3) is 2.50. The van der Waals surface area contributed by atoms with Crippen LogP contribution in [0.15, 0.2) is 30.3 Å². The minimum Gasteiger partial charge on any atom is -0.316 e. The van der Waals surface area contributed by atoms with Gasteiger partial charge in [-0.05, 0) is 20.9 Å². The highest BCUT2D eigenvalue weighted by atomic mass is 14.9. The molecule has 0 aliphatic heterocycles. The molecule has 0 fully saturated rings. The maximum atomic E-state index is 4.57. The zero-order valence-electron chi connectivity index (χ0n) is 10.5. The van der Waals surface area contributed by atoms with E-state index in [9.17, 15) is 0 Å². The molecule has 17 heavy (non-hydrogen) atoms. The highest BCUT2D eigenvalue weighted by Gasteiger charge is 2.08. The molecular formula is C14H17N3. The van der Waals surface area contributed by atoms with E-state index in [1.807, 2.05) is 51.2 Å². The largest absolute Gasteiger partial charge is 0.316 e. The molecule has 0 atom stereocenters. The van der Waals surface area contributed by atoms with Crippen molar-refractivity contribution in [3.63, 3.8) is 0 Å². The standard InChI is InChI=1S/C14H17N3/c1-10-13(9-15-3)11(2)17-14(16-10)12-7-5-4-6-8-12/h4-8,15H,9H2,1-3H3. The van der Waals surface area contributed by atoms with Gasteiger partial charge in [0.1, 0.15) is 0 Å². The van der Waals surface area contributed by atoms with E-state index in [2.05, 4.69) is 15.3 Å². The third-order valence-electron chi connectivity index (χ3n) is 2.81. The molecular weight excluding hydrogens is 210 g/mol. The predicted octanol–water partition coefficient (Wildman–Crippen LogP) is 2.48. The van der Waals surface area contributed by atoms with E-state index in [0.29, 0.717) is 0 Å². The molecule has 1 heterocycles. The first kappa shape index (κ1) is 11.7. The van der Waals surface area contributed by atoms with E-state index >= 15 is 0 Å². The van der Waals surface area contributed by atoms with Gasteiger partial charge in [-0.2, -0.15) is 0 Å². The van der Waals surface area contributed by atoms with Crippen LogP contribution in [-0.2, 0) is 6.54 Å². The molecule has 0 spiro atoms. The molecule has 3 nitrogen and oxygen atoms in total. The lowest BCUT2D eigenvalue weighted by atomic mass is 10.1. The van der Waals surface area contributed by atoms with Crippen molar-refractivity contribution in [2.24, 2.45) is 0 Å². The number of aryl methyl sites for hydroxylation is 2. The van der Waals surface area contributed by atoms with Crippen molar-refractivity contribution in [2.45, 2.75) is 20.4 Å². The molecule has 0 aliphatic carbocycles. The van der Waals surface area contributed by atoms with Gasteiger partial charge in [-0.1, -0.05) is 30.3 Å². The lowest BCUT2D eigenvalue weighted by molar-refractivity contribution is 0.787. The second kappa shape index (κ2) is 5.06. The van der Waals surface area contributed by atoms with E-state index in [0.717, 1.165) is 29.3 Å². The summed E-state index contributed by atoms with van der Waals surface area (Å²) in [5, 5.41) is 3.14. The minimum absolute atomic E-state index is 0.806. The smallest absolute Gasteiger partial charge is 0.159 e. The number of hydrogen-bond donors (Lipinski definition) is 1. The van der Waals surface area contributed by atoms with Gasteiger partial charge in [-0.25, -0.2) is 9.97 Å². The Balaban J connectivity index is 2.46. The summed E-state index contributed by atoms with van der Waals surface area (Å²) in [7, 11) is 1.93. The summed E-state index contributed by atoms with van der Waals surface area (Å²) in [6, 6.07) is 10.1. The van der Waals surface area contributed by atoms with E-state index < -0.39 is 0 Å². The van der Waals surface area contributed by atoms with E-state index in [-0.39, 0.29) is 0 Å². The van der Waals surface area contributed by atoms with Crippen molar-refractivity contribution >= 4 is 0 Å². The van der Waals surface area contributed by atoms with Gasteiger partial charge in [-0.15, -0.1) is 0 Å². The number of benzene rings is 1. The van der Waals surface area contributed by atoms with E-state index in [1.54, 1.807) is 0 Å². The Morgan fingerprint density at radius 3 is 2.12 bits per heavy atom. The summed E-state index contributed by atoms with van der Waals surface area (Å²) < 4.78 is 0. The molecule has 1 N–H and O–H groups in total. The fourth-order valence-electron chi connectivity index (χ4n) is 1.89. The molecule has 0 aliphatic rings. The molecule has 0 amide bonds. The minimum atomic E-state index is 0.806. The van der Waals surface area contributed by atoms with Gasteiger partial charge in [0.05, 0.1) is 0 Å². The lowest BCUT2D eigenvalue weighted by Gasteiger charge is -2.10. The van der Waals surface area contributed by atoms with Crippen LogP contribution in [0.1, 0.15) is 17.0 Å². The van der Waals surface area contributed by atoms with Crippen LogP contribution < -0.4 is 5.32 Å². The number of hydrogen-bond acceptors (Lipinski definition) is 3. The highest BCUT2D eigenvalue weighted by Crippen LogP contribution is 2.18. The maximum absolute atomic E-state index is 4.57. The quantitative estimate of drug-likeness (QED) is 0.875. The Hall–Kier alpha value is -1.74. The first-order chi connectivity index (χ1) is 8.22. The van der Waals surface area contributed by atoms with Crippen LogP contribution in [0.4, 0.5) is 0 Å². The molecule has 0 radical (unpaired) electrons. The highest BCUT2D eigenvalue weighted by molar-refractivity contribution is 5.55. The Bertz CT molecular complexity index is 483. The van der Waals surface area contributed by atoms with Crippen molar-refractivity contribution in [1.29, 1.82) is 0 Å². The van der Waals surface area contributed by atoms with Crippen LogP contribution >= 0.6 is 0 Å². The average molecular weight is 227 g/mol. The van der Waals surface area contributed by atoms with Crippen molar-refractivity contribution < 1.29 is 0 Å². The van der Waals surface area contributed by atoms with Crippen molar-refractivity contribution in [1.82, 2.24) is 15.3 Å². The average Bonchev–Trinajstić information content (AvgIpc) is 2.35. The second-order valence-corrected chi connectivity index (χ2v) is 4.09. The molecule has 0 unspecified atom stereocenters. The van der Waals surface area contributed by atoms with Crippen molar-refractivity contribution in [3.05, 3.63) is 47.3 Å². The molecule has 2 rings (SSSR count). The molecule has 0 saturated heterocycles. The predicted molar refractivity (Wildman–Crippen MR) is 69.7 cm³/mol. The zero-order valence-corrected chi connectivity index (χ0v) is 10.5. The second-order valence-electron chi connectivity index (χ2n) is 4.09. The number of aromatic nitrogens is 2. The zero-order chi connectivity index (χ0) is 12.3. The summed E-state index contributed by atoms with van der Waals surface area (Å²) in [5.74, 6) is 0.806. The number of rotatable bonds is 3. The monoisotopic (exact) mass is 227 g/mol. The van der Waals surface area contributed by atoms with Crippen LogP contribution in [0.25, 0.3) is 11.4 Å². The molecule has 1 aromatic heterocycles. The Kier molecular flexibility index (Phi) is 3.49. The topological polar surface area (TPSA) is 37.8 Å². The number of nitrogens with one attached hydrogen (secondary N) is 1.